The summed E-state index contributed by atoms with van der Waals surface area (Å²) in [5.74, 6) is 0.310. The average molecular weight is 215 g/mol. The zero-order chi connectivity index (χ0) is 11.3. The number of ether oxygens (including phenoxy) is 1. The summed E-state index contributed by atoms with van der Waals surface area (Å²) in [5, 5.41) is 12.7. The van der Waals surface area contributed by atoms with E-state index in [1.807, 2.05) is 0 Å². The van der Waals surface area contributed by atoms with Crippen LogP contribution in [0.1, 0.15) is 39.5 Å². The summed E-state index contributed by atoms with van der Waals surface area (Å²) in [6.45, 7) is 4.46. The molecule has 1 fully saturated rings. The normalized spacial score (nSPS) is 31.2. The molecule has 1 aliphatic rings. The van der Waals surface area contributed by atoms with Gasteiger partial charge in [-0.2, -0.15) is 0 Å². The molecule has 1 aliphatic carbocycles. The van der Waals surface area contributed by atoms with Crippen molar-refractivity contribution in [1.82, 2.24) is 5.32 Å². The van der Waals surface area contributed by atoms with Crippen LogP contribution < -0.4 is 5.32 Å². The fourth-order valence-electron chi connectivity index (χ4n) is 2.23. The van der Waals surface area contributed by atoms with E-state index in [1.54, 1.807) is 7.11 Å². The van der Waals surface area contributed by atoms with E-state index in [9.17, 15) is 0 Å². The molecule has 0 spiro atoms. The van der Waals surface area contributed by atoms with Gasteiger partial charge >= 0.3 is 0 Å². The third kappa shape index (κ3) is 3.74. The first-order valence-electron chi connectivity index (χ1n) is 6.08. The molecule has 0 radical (unpaired) electrons. The van der Waals surface area contributed by atoms with E-state index >= 15 is 0 Å². The molecule has 0 aromatic carbocycles. The van der Waals surface area contributed by atoms with Crippen molar-refractivity contribution in [2.45, 2.75) is 57.7 Å². The maximum atomic E-state index is 9.09. The van der Waals surface area contributed by atoms with Crippen molar-refractivity contribution >= 4 is 0 Å². The van der Waals surface area contributed by atoms with Crippen LogP contribution in [-0.4, -0.2) is 37.0 Å². The second-order valence-corrected chi connectivity index (χ2v) is 4.78. The summed E-state index contributed by atoms with van der Waals surface area (Å²) in [4.78, 5) is 0. The van der Waals surface area contributed by atoms with Crippen LogP contribution in [0.15, 0.2) is 0 Å². The van der Waals surface area contributed by atoms with Crippen LogP contribution in [0.2, 0.25) is 0 Å². The summed E-state index contributed by atoms with van der Waals surface area (Å²) >= 11 is 0. The first-order valence-corrected chi connectivity index (χ1v) is 6.08. The minimum atomic E-state index is 0.249. The molecule has 0 amide bonds. The van der Waals surface area contributed by atoms with Crippen molar-refractivity contribution in [2.24, 2.45) is 5.92 Å². The molecule has 2 N–H and O–H groups in total. The number of hydrogen-bond acceptors (Lipinski definition) is 3. The highest BCUT2D eigenvalue weighted by Crippen LogP contribution is 2.21. The van der Waals surface area contributed by atoms with Crippen molar-refractivity contribution < 1.29 is 9.84 Å². The second kappa shape index (κ2) is 6.46. The zero-order valence-electron chi connectivity index (χ0n) is 10.2. The lowest BCUT2D eigenvalue weighted by Gasteiger charge is -2.34. The Bertz CT molecular complexity index is 175. The van der Waals surface area contributed by atoms with E-state index in [0.29, 0.717) is 24.1 Å². The van der Waals surface area contributed by atoms with Crippen molar-refractivity contribution in [2.75, 3.05) is 13.7 Å². The van der Waals surface area contributed by atoms with Crippen LogP contribution in [0.25, 0.3) is 0 Å². The van der Waals surface area contributed by atoms with Crippen LogP contribution in [0.4, 0.5) is 0 Å². The Hall–Kier alpha value is -0.120. The highest BCUT2D eigenvalue weighted by molar-refractivity contribution is 4.84. The first-order chi connectivity index (χ1) is 7.19. The molecular formula is C12H25NO2. The van der Waals surface area contributed by atoms with Gasteiger partial charge in [-0.3, -0.25) is 0 Å². The molecule has 0 aromatic heterocycles. The Morgan fingerprint density at radius 3 is 2.60 bits per heavy atom. The maximum absolute atomic E-state index is 9.09. The third-order valence-electron chi connectivity index (χ3n) is 3.62. The molecule has 0 bridgehead atoms. The Balaban J connectivity index is 2.40. The largest absolute Gasteiger partial charge is 0.396 e. The van der Waals surface area contributed by atoms with Gasteiger partial charge in [0.2, 0.25) is 0 Å². The SMILES string of the molecule is COC1CCCCC1NC(C)C(C)CO. The van der Waals surface area contributed by atoms with Gasteiger partial charge < -0.3 is 15.2 Å². The van der Waals surface area contributed by atoms with E-state index in [1.165, 1.54) is 19.3 Å². The summed E-state index contributed by atoms with van der Waals surface area (Å²) in [5.41, 5.74) is 0. The molecule has 0 aliphatic heterocycles. The van der Waals surface area contributed by atoms with Gasteiger partial charge in [-0.25, -0.2) is 0 Å². The van der Waals surface area contributed by atoms with Crippen LogP contribution in [0.3, 0.4) is 0 Å². The number of aliphatic hydroxyl groups is 1. The Labute approximate surface area is 93.2 Å². The topological polar surface area (TPSA) is 41.5 Å². The van der Waals surface area contributed by atoms with Crippen molar-refractivity contribution in [3.05, 3.63) is 0 Å². The highest BCUT2D eigenvalue weighted by Gasteiger charge is 2.26. The van der Waals surface area contributed by atoms with Gasteiger partial charge in [-0.05, 0) is 25.7 Å². The molecule has 4 atom stereocenters. The standard InChI is InChI=1S/C12H25NO2/c1-9(8-14)10(2)13-11-6-4-5-7-12(11)15-3/h9-14H,4-8H2,1-3H3. The maximum Gasteiger partial charge on any atom is 0.0724 e. The minimum Gasteiger partial charge on any atom is -0.396 e. The molecule has 4 unspecified atom stereocenters. The predicted octanol–water partition coefficient (Wildman–Crippen LogP) is 1.55. The van der Waals surface area contributed by atoms with Gasteiger partial charge in [0.05, 0.1) is 6.10 Å². The zero-order valence-corrected chi connectivity index (χ0v) is 10.2. The highest BCUT2D eigenvalue weighted by atomic mass is 16.5. The molecule has 0 aromatic rings. The molecular weight excluding hydrogens is 190 g/mol. The second-order valence-electron chi connectivity index (χ2n) is 4.78. The van der Waals surface area contributed by atoms with Crippen LogP contribution >= 0.6 is 0 Å². The predicted molar refractivity (Wildman–Crippen MR) is 61.9 cm³/mol. The van der Waals surface area contributed by atoms with Crippen molar-refractivity contribution in [3.8, 4) is 0 Å². The summed E-state index contributed by atoms with van der Waals surface area (Å²) in [6, 6.07) is 0.823. The lowest BCUT2D eigenvalue weighted by molar-refractivity contribution is 0.0341. The van der Waals surface area contributed by atoms with E-state index in [-0.39, 0.29) is 6.61 Å². The Kier molecular flexibility index (Phi) is 5.58. The van der Waals surface area contributed by atoms with Crippen LogP contribution in [0.5, 0.6) is 0 Å². The van der Waals surface area contributed by atoms with E-state index in [4.69, 9.17) is 9.84 Å². The van der Waals surface area contributed by atoms with Gasteiger partial charge in [0.15, 0.2) is 0 Å². The van der Waals surface area contributed by atoms with Gasteiger partial charge in [-0.15, -0.1) is 0 Å². The first kappa shape index (κ1) is 12.9. The van der Waals surface area contributed by atoms with Crippen LogP contribution in [-0.2, 0) is 4.74 Å². The third-order valence-corrected chi connectivity index (χ3v) is 3.62. The van der Waals surface area contributed by atoms with Gasteiger partial charge in [0, 0.05) is 25.8 Å². The number of methoxy groups -OCH3 is 1. The molecule has 3 heteroatoms. The molecule has 1 rings (SSSR count). The van der Waals surface area contributed by atoms with Gasteiger partial charge in [-0.1, -0.05) is 19.8 Å². The molecule has 3 nitrogen and oxygen atoms in total. The minimum absolute atomic E-state index is 0.249. The quantitative estimate of drug-likeness (QED) is 0.731. The van der Waals surface area contributed by atoms with Crippen molar-refractivity contribution in [3.63, 3.8) is 0 Å². The number of hydrogen-bond donors (Lipinski definition) is 2. The van der Waals surface area contributed by atoms with Crippen LogP contribution in [0, 0.1) is 5.92 Å². The number of nitrogens with one attached hydrogen (secondary N) is 1. The molecule has 0 saturated heterocycles. The monoisotopic (exact) mass is 215 g/mol. The smallest absolute Gasteiger partial charge is 0.0724 e. The van der Waals surface area contributed by atoms with Crippen molar-refractivity contribution in [1.29, 1.82) is 0 Å². The molecule has 15 heavy (non-hydrogen) atoms. The molecule has 0 heterocycles. The number of rotatable bonds is 5. The fraction of sp³-hybridized carbons (Fsp3) is 1.00. The lowest BCUT2D eigenvalue weighted by Crippen LogP contribution is -2.49. The van der Waals surface area contributed by atoms with E-state index in [2.05, 4.69) is 19.2 Å². The lowest BCUT2D eigenvalue weighted by atomic mass is 9.91. The van der Waals surface area contributed by atoms with Gasteiger partial charge in [0.1, 0.15) is 0 Å². The van der Waals surface area contributed by atoms with E-state index < -0.39 is 0 Å². The molecule has 90 valence electrons. The Morgan fingerprint density at radius 2 is 2.00 bits per heavy atom. The fourth-order valence-corrected chi connectivity index (χ4v) is 2.23. The summed E-state index contributed by atoms with van der Waals surface area (Å²) in [6.07, 6.45) is 5.28. The van der Waals surface area contributed by atoms with Gasteiger partial charge in [0.25, 0.3) is 0 Å². The average Bonchev–Trinajstić information content (AvgIpc) is 2.28. The van der Waals surface area contributed by atoms with E-state index in [0.717, 1.165) is 6.42 Å². The summed E-state index contributed by atoms with van der Waals surface area (Å²) in [7, 11) is 1.80. The Morgan fingerprint density at radius 1 is 1.33 bits per heavy atom. The summed E-state index contributed by atoms with van der Waals surface area (Å²) < 4.78 is 5.49. The molecule has 1 saturated carbocycles. The number of aliphatic hydroxyl groups excluding tert-OH is 1.